The van der Waals surface area contributed by atoms with Gasteiger partial charge in [0, 0.05) is 7.11 Å². The lowest BCUT2D eigenvalue weighted by Gasteiger charge is -2.19. The van der Waals surface area contributed by atoms with Crippen molar-refractivity contribution < 1.29 is 35.9 Å². The molecule has 1 rings (SSSR count). The van der Waals surface area contributed by atoms with Crippen LogP contribution in [0.2, 0.25) is 0 Å². The van der Waals surface area contributed by atoms with Gasteiger partial charge >= 0.3 is 15.0 Å². The minimum atomic E-state index is -4.20. The van der Waals surface area contributed by atoms with Gasteiger partial charge in [0.2, 0.25) is 5.82 Å². The van der Waals surface area contributed by atoms with Crippen LogP contribution in [0.3, 0.4) is 0 Å². The highest BCUT2D eigenvalue weighted by Crippen LogP contribution is 2.28. The van der Waals surface area contributed by atoms with Gasteiger partial charge in [-0.3, -0.25) is 0 Å². The molecule has 0 fully saturated rings. The molecule has 3 nitrogen and oxygen atoms in total. The average Bonchev–Trinajstić information content (AvgIpc) is 2.28. The molecule has 17 heavy (non-hydrogen) atoms. The number of hydrogen-bond donors (Lipinski definition) is 1. The summed E-state index contributed by atoms with van der Waals surface area (Å²) in [5.74, 6) is -6.61. The lowest BCUT2D eigenvalue weighted by Crippen LogP contribution is -2.45. The Hall–Kier alpha value is -1.19. The van der Waals surface area contributed by atoms with Gasteiger partial charge in [-0.2, -0.15) is 13.2 Å². The maximum Gasteiger partial charge on any atom is 0.521 e. The summed E-state index contributed by atoms with van der Waals surface area (Å²) in [5, 5.41) is 0. The first kappa shape index (κ1) is 13.9. The van der Waals surface area contributed by atoms with Crippen LogP contribution in [-0.2, 0) is 4.43 Å². The second kappa shape index (κ2) is 4.98. The van der Waals surface area contributed by atoms with E-state index in [1.807, 2.05) is 0 Å². The van der Waals surface area contributed by atoms with Gasteiger partial charge in [-0.1, -0.05) is 0 Å². The molecule has 0 saturated heterocycles. The van der Waals surface area contributed by atoms with E-state index in [1.165, 1.54) is 0 Å². The first-order chi connectivity index (χ1) is 7.79. The summed E-state index contributed by atoms with van der Waals surface area (Å²) in [5.41, 5.74) is -4.20. The van der Waals surface area contributed by atoms with E-state index in [0.717, 1.165) is 7.11 Å². The van der Waals surface area contributed by atoms with E-state index in [2.05, 4.69) is 9.16 Å². The second-order valence-electron chi connectivity index (χ2n) is 2.80. The van der Waals surface area contributed by atoms with Gasteiger partial charge < -0.3 is 14.0 Å². The molecule has 0 unspecified atom stereocenters. The second-order valence-corrected chi connectivity index (χ2v) is 4.40. The SMILES string of the molecule is CO[Si](O)C(F)(F)Oc1ccc(F)c(F)c1F. The van der Waals surface area contributed by atoms with Crippen LogP contribution >= 0.6 is 0 Å². The van der Waals surface area contributed by atoms with E-state index in [9.17, 15) is 22.0 Å². The maximum absolute atomic E-state index is 13.0. The molecule has 0 aliphatic rings. The molecule has 95 valence electrons. The average molecular weight is 273 g/mol. The predicted octanol–water partition coefficient (Wildman–Crippen LogP) is 1.74. The fourth-order valence-electron chi connectivity index (χ4n) is 0.888. The Morgan fingerprint density at radius 3 is 2.29 bits per heavy atom. The van der Waals surface area contributed by atoms with Crippen LogP contribution < -0.4 is 4.74 Å². The van der Waals surface area contributed by atoms with E-state index in [0.29, 0.717) is 12.1 Å². The molecule has 0 amide bonds. The van der Waals surface area contributed by atoms with Crippen molar-refractivity contribution in [2.75, 3.05) is 7.11 Å². The van der Waals surface area contributed by atoms with Crippen molar-refractivity contribution in [1.29, 1.82) is 0 Å². The highest BCUT2D eigenvalue weighted by atomic mass is 28.3. The zero-order valence-electron chi connectivity index (χ0n) is 8.31. The molecule has 1 aromatic carbocycles. The largest absolute Gasteiger partial charge is 0.521 e. The molecule has 0 atom stereocenters. The van der Waals surface area contributed by atoms with E-state index < -0.39 is 38.2 Å². The van der Waals surface area contributed by atoms with Crippen molar-refractivity contribution in [1.82, 2.24) is 0 Å². The first-order valence-electron chi connectivity index (χ1n) is 4.10. The Bertz CT molecular complexity index is 414. The normalized spacial score (nSPS) is 12.0. The monoisotopic (exact) mass is 273 g/mol. The molecule has 9 heteroatoms. The van der Waals surface area contributed by atoms with Crippen LogP contribution in [0.5, 0.6) is 5.75 Å². The molecule has 1 radical (unpaired) electrons. The van der Waals surface area contributed by atoms with Crippen LogP contribution in [0.1, 0.15) is 0 Å². The topological polar surface area (TPSA) is 38.7 Å². The third-order valence-corrected chi connectivity index (χ3v) is 2.67. The van der Waals surface area contributed by atoms with Crippen molar-refractivity contribution in [2.45, 2.75) is 5.73 Å². The highest BCUT2D eigenvalue weighted by molar-refractivity contribution is 6.45. The van der Waals surface area contributed by atoms with Gasteiger partial charge in [0.05, 0.1) is 0 Å². The smallest absolute Gasteiger partial charge is 0.429 e. The lowest BCUT2D eigenvalue weighted by atomic mass is 10.3. The number of hydrogen-bond acceptors (Lipinski definition) is 3. The molecule has 1 aromatic rings. The van der Waals surface area contributed by atoms with Gasteiger partial charge in [-0.25, -0.2) is 8.78 Å². The molecular formula is C8H6F5O3Si. The van der Waals surface area contributed by atoms with Crippen molar-refractivity contribution in [3.8, 4) is 5.75 Å². The summed E-state index contributed by atoms with van der Waals surface area (Å²) in [4.78, 5) is 8.78. The van der Waals surface area contributed by atoms with Gasteiger partial charge in [0.15, 0.2) is 17.4 Å². The number of halogens is 5. The van der Waals surface area contributed by atoms with Crippen molar-refractivity contribution in [3.63, 3.8) is 0 Å². The minimum absolute atomic E-state index is 0.417. The maximum atomic E-state index is 13.0. The lowest BCUT2D eigenvalue weighted by molar-refractivity contribution is -0.129. The van der Waals surface area contributed by atoms with Gasteiger partial charge in [-0.15, -0.1) is 0 Å². The summed E-state index contributed by atoms with van der Waals surface area (Å²) < 4.78 is 71.9. The zero-order chi connectivity index (χ0) is 13.2. The number of ether oxygens (including phenoxy) is 1. The van der Waals surface area contributed by atoms with Crippen LogP contribution in [0.25, 0.3) is 0 Å². The van der Waals surface area contributed by atoms with Gasteiger partial charge in [-0.05, 0) is 12.1 Å². The zero-order valence-corrected chi connectivity index (χ0v) is 9.31. The molecule has 0 saturated carbocycles. The molecule has 0 aliphatic carbocycles. The van der Waals surface area contributed by atoms with E-state index >= 15 is 0 Å². The van der Waals surface area contributed by atoms with E-state index in [1.54, 1.807) is 0 Å². The number of rotatable bonds is 4. The standard InChI is InChI=1S/C8H6F5O3Si/c1-15-17(14)8(12,13)16-5-3-2-4(9)6(10)7(5)11/h2-3,14H,1H3. The van der Waals surface area contributed by atoms with Gasteiger partial charge in [0.25, 0.3) is 0 Å². The summed E-state index contributed by atoms with van der Waals surface area (Å²) >= 11 is 0. The molecule has 0 aromatic heterocycles. The van der Waals surface area contributed by atoms with E-state index in [-0.39, 0.29) is 0 Å². The summed E-state index contributed by atoms with van der Waals surface area (Å²) in [7, 11) is -2.88. The Kier molecular flexibility index (Phi) is 4.06. The fourth-order valence-corrected chi connectivity index (χ4v) is 1.32. The van der Waals surface area contributed by atoms with Gasteiger partial charge in [0.1, 0.15) is 0 Å². The van der Waals surface area contributed by atoms with Crippen LogP contribution in [-0.4, -0.2) is 26.9 Å². The predicted molar refractivity (Wildman–Crippen MR) is 46.9 cm³/mol. The van der Waals surface area contributed by atoms with Crippen LogP contribution in [0.15, 0.2) is 12.1 Å². The summed E-state index contributed by atoms with van der Waals surface area (Å²) in [6.07, 6.45) is 0. The fraction of sp³-hybridized carbons (Fsp3) is 0.250. The molecular weight excluding hydrogens is 267 g/mol. The quantitative estimate of drug-likeness (QED) is 0.516. The Morgan fingerprint density at radius 2 is 1.76 bits per heavy atom. The molecule has 1 N–H and O–H groups in total. The third kappa shape index (κ3) is 2.93. The van der Waals surface area contributed by atoms with Crippen molar-refractivity contribution >= 4 is 9.28 Å². The van der Waals surface area contributed by atoms with Crippen molar-refractivity contribution in [2.24, 2.45) is 0 Å². The van der Waals surface area contributed by atoms with E-state index in [4.69, 9.17) is 4.80 Å². The molecule has 0 spiro atoms. The number of benzene rings is 1. The Morgan fingerprint density at radius 1 is 1.18 bits per heavy atom. The Labute approximate surface area is 94.2 Å². The minimum Gasteiger partial charge on any atom is -0.429 e. The Balaban J connectivity index is 3.00. The molecule has 0 bridgehead atoms. The van der Waals surface area contributed by atoms with Crippen LogP contribution in [0.4, 0.5) is 22.0 Å². The summed E-state index contributed by atoms with van der Waals surface area (Å²) in [6, 6.07) is 0.896. The summed E-state index contributed by atoms with van der Waals surface area (Å²) in [6.45, 7) is 0. The van der Waals surface area contributed by atoms with Crippen LogP contribution in [0, 0.1) is 17.5 Å². The first-order valence-corrected chi connectivity index (χ1v) is 5.46. The third-order valence-electron chi connectivity index (χ3n) is 1.68. The number of alkyl halides is 2. The molecule has 0 heterocycles. The molecule has 0 aliphatic heterocycles. The highest BCUT2D eigenvalue weighted by Gasteiger charge is 2.48. The van der Waals surface area contributed by atoms with Crippen molar-refractivity contribution in [3.05, 3.63) is 29.6 Å².